The van der Waals surface area contributed by atoms with Crippen LogP contribution in [-0.4, -0.2) is 55.8 Å². The van der Waals surface area contributed by atoms with Gasteiger partial charge in [0, 0.05) is 49.1 Å². The number of thioether (sulfide) groups is 1. The summed E-state index contributed by atoms with van der Waals surface area (Å²) in [5, 5.41) is 0. The number of alkyl halides is 3. The van der Waals surface area contributed by atoms with Crippen molar-refractivity contribution in [2.45, 2.75) is 11.1 Å². The van der Waals surface area contributed by atoms with E-state index >= 15 is 0 Å². The topological polar surface area (TPSA) is 26.8 Å². The molecular formula is C21H22F3N3OS. The predicted octanol–water partition coefficient (Wildman–Crippen LogP) is 3.97. The molecule has 2 heterocycles. The van der Waals surface area contributed by atoms with Crippen LogP contribution >= 0.6 is 11.8 Å². The first-order valence-electron chi connectivity index (χ1n) is 9.58. The average Bonchev–Trinajstić information content (AvgIpc) is 2.73. The monoisotopic (exact) mass is 421 g/mol. The molecule has 2 aromatic carbocycles. The number of carbonyl (C=O) groups excluding carboxylic acids is 1. The van der Waals surface area contributed by atoms with E-state index in [4.69, 9.17) is 0 Å². The molecule has 1 saturated heterocycles. The van der Waals surface area contributed by atoms with Crippen LogP contribution in [0.15, 0.2) is 53.4 Å². The van der Waals surface area contributed by atoms with Gasteiger partial charge in [-0.1, -0.05) is 18.2 Å². The predicted molar refractivity (Wildman–Crippen MR) is 110 cm³/mol. The molecule has 0 unspecified atom stereocenters. The molecule has 1 fully saturated rings. The second-order valence-corrected chi connectivity index (χ2v) is 8.29. The lowest BCUT2D eigenvalue weighted by atomic mass is 10.1. The summed E-state index contributed by atoms with van der Waals surface area (Å²) >= 11 is 1.80. The number of nitrogens with zero attached hydrogens (tertiary/aromatic N) is 3. The number of piperazine rings is 1. The molecule has 154 valence electrons. The van der Waals surface area contributed by atoms with Crippen LogP contribution in [0.5, 0.6) is 0 Å². The van der Waals surface area contributed by atoms with Crippen LogP contribution in [-0.2, 0) is 11.0 Å². The molecule has 0 atom stereocenters. The largest absolute Gasteiger partial charge is 0.416 e. The molecule has 2 aliphatic rings. The van der Waals surface area contributed by atoms with E-state index in [0.717, 1.165) is 24.1 Å². The van der Waals surface area contributed by atoms with Crippen LogP contribution in [0, 0.1) is 0 Å². The summed E-state index contributed by atoms with van der Waals surface area (Å²) in [7, 11) is 0. The molecule has 4 nitrogen and oxygen atoms in total. The summed E-state index contributed by atoms with van der Waals surface area (Å²) in [6, 6.07) is 13.5. The van der Waals surface area contributed by atoms with Crippen molar-refractivity contribution in [2.24, 2.45) is 0 Å². The maximum Gasteiger partial charge on any atom is 0.416 e. The average molecular weight is 421 g/mol. The molecule has 0 aromatic heterocycles. The minimum Gasteiger partial charge on any atom is -0.368 e. The standard InChI is InChI=1S/C21H22F3N3OS/c22-21(23,24)16-4-3-5-17(14-16)25-8-10-26(11-9-25)20(28)15-27-12-13-29-19-7-2-1-6-18(19)27/h1-7,14H,8-13,15H2. The van der Waals surface area contributed by atoms with Crippen molar-refractivity contribution >= 4 is 29.0 Å². The number of anilines is 2. The number of rotatable bonds is 3. The van der Waals surface area contributed by atoms with Gasteiger partial charge in [-0.3, -0.25) is 4.79 Å². The number of hydrogen-bond donors (Lipinski definition) is 0. The van der Waals surface area contributed by atoms with Gasteiger partial charge < -0.3 is 14.7 Å². The smallest absolute Gasteiger partial charge is 0.368 e. The fourth-order valence-corrected chi connectivity index (χ4v) is 4.80. The fraction of sp³-hybridized carbons (Fsp3) is 0.381. The van der Waals surface area contributed by atoms with Gasteiger partial charge in [-0.05, 0) is 30.3 Å². The van der Waals surface area contributed by atoms with Crippen LogP contribution in [0.25, 0.3) is 0 Å². The molecule has 1 amide bonds. The Labute approximate surface area is 172 Å². The third-order valence-electron chi connectivity index (χ3n) is 5.32. The van der Waals surface area contributed by atoms with E-state index in [0.29, 0.717) is 38.4 Å². The summed E-state index contributed by atoms with van der Waals surface area (Å²) in [5.41, 5.74) is 1.00. The Morgan fingerprint density at radius 1 is 0.966 bits per heavy atom. The van der Waals surface area contributed by atoms with E-state index in [9.17, 15) is 18.0 Å². The number of amides is 1. The summed E-state index contributed by atoms with van der Waals surface area (Å²) in [5.74, 6) is 1.02. The summed E-state index contributed by atoms with van der Waals surface area (Å²) in [6.07, 6.45) is -4.35. The Bertz CT molecular complexity index is 881. The zero-order valence-electron chi connectivity index (χ0n) is 15.9. The minimum absolute atomic E-state index is 0.0652. The van der Waals surface area contributed by atoms with Gasteiger partial charge in [0.15, 0.2) is 0 Å². The van der Waals surface area contributed by atoms with Gasteiger partial charge in [0.05, 0.1) is 17.8 Å². The van der Waals surface area contributed by atoms with Crippen molar-refractivity contribution in [1.82, 2.24) is 4.90 Å². The highest BCUT2D eigenvalue weighted by molar-refractivity contribution is 7.99. The Hall–Kier alpha value is -2.35. The van der Waals surface area contributed by atoms with Crippen molar-refractivity contribution < 1.29 is 18.0 Å². The first kappa shape index (κ1) is 19.9. The van der Waals surface area contributed by atoms with Crippen LogP contribution in [0.3, 0.4) is 0 Å². The van der Waals surface area contributed by atoms with Gasteiger partial charge in [0.25, 0.3) is 0 Å². The minimum atomic E-state index is -4.35. The number of benzene rings is 2. The zero-order chi connectivity index (χ0) is 20.4. The first-order chi connectivity index (χ1) is 13.9. The second-order valence-electron chi connectivity index (χ2n) is 7.15. The Balaban J connectivity index is 1.36. The van der Waals surface area contributed by atoms with Gasteiger partial charge in [0.1, 0.15) is 0 Å². The van der Waals surface area contributed by atoms with E-state index < -0.39 is 11.7 Å². The van der Waals surface area contributed by atoms with Crippen molar-refractivity contribution in [3.63, 3.8) is 0 Å². The van der Waals surface area contributed by atoms with Crippen LogP contribution < -0.4 is 9.80 Å². The van der Waals surface area contributed by atoms with Crippen molar-refractivity contribution in [2.75, 3.05) is 54.8 Å². The molecule has 0 aliphatic carbocycles. The maximum atomic E-state index is 13.0. The molecule has 8 heteroatoms. The van der Waals surface area contributed by atoms with Crippen LogP contribution in [0.1, 0.15) is 5.56 Å². The molecule has 4 rings (SSSR count). The quantitative estimate of drug-likeness (QED) is 0.750. The lowest BCUT2D eigenvalue weighted by Crippen LogP contribution is -2.51. The fourth-order valence-electron chi connectivity index (χ4n) is 3.75. The number of halogens is 3. The summed E-state index contributed by atoms with van der Waals surface area (Å²) < 4.78 is 38.9. The van der Waals surface area contributed by atoms with Gasteiger partial charge in [0.2, 0.25) is 5.91 Å². The molecule has 2 aromatic rings. The van der Waals surface area contributed by atoms with E-state index in [1.54, 1.807) is 17.8 Å². The number of para-hydroxylation sites is 1. The van der Waals surface area contributed by atoms with Crippen LogP contribution in [0.2, 0.25) is 0 Å². The molecule has 0 radical (unpaired) electrons. The number of hydrogen-bond acceptors (Lipinski definition) is 4. The number of carbonyl (C=O) groups is 1. The highest BCUT2D eigenvalue weighted by atomic mass is 32.2. The third-order valence-corrected chi connectivity index (χ3v) is 6.36. The summed E-state index contributed by atoms with van der Waals surface area (Å²) in [4.78, 5) is 19.9. The first-order valence-corrected chi connectivity index (χ1v) is 10.6. The molecule has 0 bridgehead atoms. The van der Waals surface area contributed by atoms with E-state index in [1.165, 1.54) is 17.0 Å². The van der Waals surface area contributed by atoms with Crippen molar-refractivity contribution in [3.8, 4) is 0 Å². The molecule has 0 N–H and O–H groups in total. The molecule has 0 saturated carbocycles. The van der Waals surface area contributed by atoms with E-state index in [-0.39, 0.29) is 5.91 Å². The highest BCUT2D eigenvalue weighted by Gasteiger charge is 2.31. The zero-order valence-corrected chi connectivity index (χ0v) is 16.7. The molecular weight excluding hydrogens is 399 g/mol. The Morgan fingerprint density at radius 3 is 2.48 bits per heavy atom. The van der Waals surface area contributed by atoms with Gasteiger partial charge in [-0.15, -0.1) is 11.8 Å². The SMILES string of the molecule is O=C(CN1CCSc2ccccc21)N1CCN(c2cccc(C(F)(F)F)c2)CC1. The third kappa shape index (κ3) is 4.47. The summed E-state index contributed by atoms with van der Waals surface area (Å²) in [6.45, 7) is 3.25. The lowest BCUT2D eigenvalue weighted by molar-refractivity contribution is -0.137. The second kappa shape index (κ2) is 8.18. The van der Waals surface area contributed by atoms with Gasteiger partial charge >= 0.3 is 6.18 Å². The Morgan fingerprint density at radius 2 is 1.72 bits per heavy atom. The van der Waals surface area contributed by atoms with Gasteiger partial charge in [-0.2, -0.15) is 13.2 Å². The Kier molecular flexibility index (Phi) is 5.63. The van der Waals surface area contributed by atoms with E-state index in [1.807, 2.05) is 28.0 Å². The normalized spacial score (nSPS) is 17.3. The molecule has 29 heavy (non-hydrogen) atoms. The van der Waals surface area contributed by atoms with Crippen molar-refractivity contribution in [1.29, 1.82) is 0 Å². The maximum absolute atomic E-state index is 13.0. The van der Waals surface area contributed by atoms with Crippen LogP contribution in [0.4, 0.5) is 24.5 Å². The van der Waals surface area contributed by atoms with E-state index in [2.05, 4.69) is 11.0 Å². The molecule has 2 aliphatic heterocycles. The van der Waals surface area contributed by atoms with Gasteiger partial charge in [-0.25, -0.2) is 0 Å². The lowest BCUT2D eigenvalue weighted by Gasteiger charge is -2.38. The van der Waals surface area contributed by atoms with Crippen molar-refractivity contribution in [3.05, 3.63) is 54.1 Å². The number of fused-ring (bicyclic) bond motifs is 1. The molecule has 0 spiro atoms. The highest BCUT2D eigenvalue weighted by Crippen LogP contribution is 2.34.